The van der Waals surface area contributed by atoms with Crippen LogP contribution < -0.4 is 11.1 Å². The smallest absolute Gasteiger partial charge is 0.226 e. The van der Waals surface area contributed by atoms with Gasteiger partial charge in [-0.25, -0.2) is 0 Å². The minimum absolute atomic E-state index is 0.111. The molecule has 0 aliphatic heterocycles. The predicted molar refractivity (Wildman–Crippen MR) is 82.8 cm³/mol. The zero-order chi connectivity index (χ0) is 14.7. The van der Waals surface area contributed by atoms with Gasteiger partial charge >= 0.3 is 0 Å². The number of benzene rings is 1. The fourth-order valence-corrected chi connectivity index (χ4v) is 2.11. The van der Waals surface area contributed by atoms with Crippen molar-refractivity contribution in [1.29, 1.82) is 0 Å². The monoisotopic (exact) mass is 291 g/mol. The van der Waals surface area contributed by atoms with E-state index in [1.54, 1.807) is 18.3 Å². The van der Waals surface area contributed by atoms with Crippen LogP contribution in [0.4, 0.5) is 5.69 Å². The number of nitrogens with one attached hydrogen (secondary N) is 1. The van der Waals surface area contributed by atoms with E-state index in [1.807, 2.05) is 26.0 Å². The van der Waals surface area contributed by atoms with E-state index in [2.05, 4.69) is 10.3 Å². The van der Waals surface area contributed by atoms with Gasteiger partial charge < -0.3 is 11.1 Å². The summed E-state index contributed by atoms with van der Waals surface area (Å²) in [5.74, 6) is 0.154. The van der Waals surface area contributed by atoms with Gasteiger partial charge in [0, 0.05) is 24.0 Å². The Morgan fingerprint density at radius 2 is 2.15 bits per heavy atom. The number of nitrogens with two attached hydrogens (primary N) is 1. The molecule has 0 saturated carbocycles. The van der Waals surface area contributed by atoms with Gasteiger partial charge in [0.25, 0.3) is 0 Å². The first-order valence-electron chi connectivity index (χ1n) is 6.57. The highest BCUT2D eigenvalue weighted by Crippen LogP contribution is 2.28. The minimum atomic E-state index is -0.151. The molecule has 1 amide bonds. The first kappa shape index (κ1) is 14.8. The molecule has 2 aromatic rings. The van der Waals surface area contributed by atoms with Gasteiger partial charge in [0.05, 0.1) is 16.2 Å². The van der Waals surface area contributed by atoms with E-state index in [9.17, 15) is 4.79 Å². The highest BCUT2D eigenvalue weighted by molar-refractivity contribution is 6.35. The molecule has 2 rings (SSSR count). The van der Waals surface area contributed by atoms with Crippen LogP contribution in [0.1, 0.15) is 20.3 Å². The number of rotatable bonds is 4. The second kappa shape index (κ2) is 6.20. The van der Waals surface area contributed by atoms with Crippen LogP contribution in [-0.4, -0.2) is 16.9 Å². The number of aromatic nitrogens is 1. The van der Waals surface area contributed by atoms with Gasteiger partial charge in [-0.05, 0) is 30.2 Å². The number of carbonyl (C=O) groups is 1. The number of amides is 1. The van der Waals surface area contributed by atoms with E-state index in [-0.39, 0.29) is 24.3 Å². The van der Waals surface area contributed by atoms with Crippen molar-refractivity contribution in [1.82, 2.24) is 4.98 Å². The molecule has 20 heavy (non-hydrogen) atoms. The molecule has 1 heterocycles. The molecule has 0 bridgehead atoms. The number of anilines is 1. The summed E-state index contributed by atoms with van der Waals surface area (Å²) >= 11 is 6.12. The van der Waals surface area contributed by atoms with Crippen molar-refractivity contribution in [2.75, 3.05) is 5.32 Å². The van der Waals surface area contributed by atoms with E-state index >= 15 is 0 Å². The van der Waals surface area contributed by atoms with Crippen molar-refractivity contribution in [3.63, 3.8) is 0 Å². The summed E-state index contributed by atoms with van der Waals surface area (Å²) in [7, 11) is 0. The Kier molecular flexibility index (Phi) is 4.57. The first-order valence-corrected chi connectivity index (χ1v) is 6.95. The molecule has 1 aromatic carbocycles. The largest absolute Gasteiger partial charge is 0.327 e. The van der Waals surface area contributed by atoms with E-state index in [0.717, 1.165) is 5.39 Å². The Balaban J connectivity index is 2.22. The third-order valence-electron chi connectivity index (χ3n) is 3.27. The van der Waals surface area contributed by atoms with Gasteiger partial charge in [-0.2, -0.15) is 0 Å². The molecular formula is C15H18ClN3O. The summed E-state index contributed by atoms with van der Waals surface area (Å²) in [6.07, 6.45) is 1.96. The molecule has 0 fully saturated rings. The number of hydrogen-bond acceptors (Lipinski definition) is 3. The van der Waals surface area contributed by atoms with Crippen molar-refractivity contribution in [2.45, 2.75) is 26.3 Å². The molecule has 0 aliphatic rings. The summed E-state index contributed by atoms with van der Waals surface area (Å²) in [4.78, 5) is 16.3. The summed E-state index contributed by atoms with van der Waals surface area (Å²) in [6, 6.07) is 7.05. The van der Waals surface area contributed by atoms with Crippen molar-refractivity contribution in [2.24, 2.45) is 11.7 Å². The number of nitrogens with zero attached hydrogens (tertiary/aromatic N) is 1. The molecule has 106 valence electrons. The molecule has 1 aromatic heterocycles. The quantitative estimate of drug-likeness (QED) is 0.909. The Hall–Kier alpha value is -1.65. The number of halogens is 1. The van der Waals surface area contributed by atoms with Gasteiger partial charge in [-0.15, -0.1) is 0 Å². The molecule has 0 aliphatic carbocycles. The van der Waals surface area contributed by atoms with Crippen molar-refractivity contribution in [3.8, 4) is 0 Å². The number of pyridine rings is 1. The average molecular weight is 292 g/mol. The van der Waals surface area contributed by atoms with Crippen molar-refractivity contribution in [3.05, 3.63) is 35.5 Å². The van der Waals surface area contributed by atoms with Gasteiger partial charge in [0.15, 0.2) is 0 Å². The average Bonchev–Trinajstić information content (AvgIpc) is 2.42. The normalized spacial score (nSPS) is 12.7. The Labute approximate surface area is 123 Å². The van der Waals surface area contributed by atoms with Gasteiger partial charge in [-0.1, -0.05) is 25.4 Å². The Morgan fingerprint density at radius 3 is 2.85 bits per heavy atom. The lowest BCUT2D eigenvalue weighted by atomic mass is 10.0. The lowest BCUT2D eigenvalue weighted by Gasteiger charge is -2.15. The molecule has 0 saturated heterocycles. The van der Waals surface area contributed by atoms with Crippen LogP contribution in [-0.2, 0) is 4.79 Å². The van der Waals surface area contributed by atoms with E-state index in [1.165, 1.54) is 0 Å². The third kappa shape index (κ3) is 3.26. The van der Waals surface area contributed by atoms with Crippen molar-refractivity contribution < 1.29 is 4.79 Å². The highest BCUT2D eigenvalue weighted by Gasteiger charge is 2.14. The summed E-state index contributed by atoms with van der Waals surface area (Å²) < 4.78 is 0. The van der Waals surface area contributed by atoms with Crippen LogP contribution in [0, 0.1) is 5.92 Å². The minimum Gasteiger partial charge on any atom is -0.327 e. The maximum Gasteiger partial charge on any atom is 0.226 e. The molecule has 0 spiro atoms. The van der Waals surface area contributed by atoms with Crippen LogP contribution in [0.3, 0.4) is 0 Å². The zero-order valence-electron chi connectivity index (χ0n) is 11.6. The molecule has 4 nitrogen and oxygen atoms in total. The molecule has 1 unspecified atom stereocenters. The number of fused-ring (bicyclic) bond motifs is 1. The Morgan fingerprint density at radius 1 is 1.40 bits per heavy atom. The van der Waals surface area contributed by atoms with Crippen molar-refractivity contribution >= 4 is 34.1 Å². The lowest BCUT2D eigenvalue weighted by molar-refractivity contribution is -0.116. The Bertz CT molecular complexity index is 628. The zero-order valence-corrected chi connectivity index (χ0v) is 12.3. The first-order chi connectivity index (χ1) is 9.49. The van der Waals surface area contributed by atoms with Gasteiger partial charge in [-0.3, -0.25) is 9.78 Å². The molecule has 5 heteroatoms. The van der Waals surface area contributed by atoms with E-state index < -0.39 is 0 Å². The van der Waals surface area contributed by atoms with Crippen LogP contribution in [0.2, 0.25) is 5.02 Å². The molecule has 1 atom stereocenters. The number of carbonyl (C=O) groups excluding carboxylic acids is 1. The second-order valence-electron chi connectivity index (χ2n) is 5.15. The van der Waals surface area contributed by atoms with Gasteiger partial charge in [0.2, 0.25) is 5.91 Å². The summed E-state index contributed by atoms with van der Waals surface area (Å²) in [5, 5.41) is 4.29. The standard InChI is InChI=1S/C15H18ClN3O/c1-9(2)12(17)8-14(20)19-13-6-5-11(16)10-4-3-7-18-15(10)13/h3-7,9,12H,8,17H2,1-2H3,(H,19,20). The third-order valence-corrected chi connectivity index (χ3v) is 3.60. The van der Waals surface area contributed by atoms with Crippen LogP contribution in [0.25, 0.3) is 10.9 Å². The molecular weight excluding hydrogens is 274 g/mol. The highest BCUT2D eigenvalue weighted by atomic mass is 35.5. The lowest BCUT2D eigenvalue weighted by Crippen LogP contribution is -2.31. The molecule has 3 N–H and O–H groups in total. The van der Waals surface area contributed by atoms with E-state index in [0.29, 0.717) is 16.2 Å². The second-order valence-corrected chi connectivity index (χ2v) is 5.56. The van der Waals surface area contributed by atoms with Crippen LogP contribution in [0.15, 0.2) is 30.5 Å². The maximum atomic E-state index is 12.0. The SMILES string of the molecule is CC(C)C(N)CC(=O)Nc1ccc(Cl)c2cccnc12. The summed E-state index contributed by atoms with van der Waals surface area (Å²) in [5.41, 5.74) is 7.26. The fourth-order valence-electron chi connectivity index (χ4n) is 1.89. The maximum absolute atomic E-state index is 12.0. The van der Waals surface area contributed by atoms with Gasteiger partial charge in [0.1, 0.15) is 0 Å². The van der Waals surface area contributed by atoms with Crippen LogP contribution in [0.5, 0.6) is 0 Å². The molecule has 0 radical (unpaired) electrons. The topological polar surface area (TPSA) is 68.0 Å². The fraction of sp³-hybridized carbons (Fsp3) is 0.333. The summed E-state index contributed by atoms with van der Waals surface area (Å²) in [6.45, 7) is 3.99. The van der Waals surface area contributed by atoms with Crippen LogP contribution >= 0.6 is 11.6 Å². The predicted octanol–water partition coefficient (Wildman–Crippen LogP) is 3.20. The van der Waals surface area contributed by atoms with E-state index in [4.69, 9.17) is 17.3 Å². The number of hydrogen-bond donors (Lipinski definition) is 2.